The SMILES string of the molecule is C[C@@H](CCCCNC(=O)CCC(=O)N1C[C@H](NC(=O)c2cc3c(c(C(F)(F)F)c2)COB3O)[C@@H](NC(=O)c2cc3c(c(C(F)(F)F)c2)COB3O)C1)C(=O)O. The first-order chi connectivity index (χ1) is 25.7. The highest BCUT2D eigenvalue weighted by Gasteiger charge is 2.43. The second kappa shape index (κ2) is 16.6. The van der Waals surface area contributed by atoms with Gasteiger partial charge in [0.15, 0.2) is 0 Å². The predicted octanol–water partition coefficient (Wildman–Crippen LogP) is 0.686. The summed E-state index contributed by atoms with van der Waals surface area (Å²) in [6.07, 6.45) is -9.03. The fraction of sp³-hybridized carbons (Fsp3) is 0.485. The molecule has 3 aliphatic heterocycles. The Hall–Kier alpha value is -4.66. The monoisotopic (exact) mass is 784 g/mol. The minimum Gasteiger partial charge on any atom is -0.481 e. The summed E-state index contributed by atoms with van der Waals surface area (Å²) in [5.41, 5.74) is -4.83. The molecule has 2 aromatic rings. The first kappa shape index (κ1) is 41.5. The van der Waals surface area contributed by atoms with Crippen LogP contribution in [-0.2, 0) is 49.3 Å². The van der Waals surface area contributed by atoms with Crippen LogP contribution in [0.15, 0.2) is 24.3 Å². The number of halogens is 6. The number of benzene rings is 2. The Morgan fingerprint density at radius 3 is 1.71 bits per heavy atom. The zero-order valence-electron chi connectivity index (χ0n) is 29.2. The lowest BCUT2D eigenvalue weighted by Crippen LogP contribution is -2.51. The van der Waals surface area contributed by atoms with Gasteiger partial charge in [0.1, 0.15) is 0 Å². The first-order valence-electron chi connectivity index (χ1n) is 17.2. The molecule has 6 N–H and O–H groups in total. The van der Waals surface area contributed by atoms with Crippen molar-refractivity contribution >= 4 is 54.8 Å². The number of carbonyl (C=O) groups excluding carboxylic acids is 4. The number of unbranched alkanes of at least 4 members (excludes halogenated alkanes) is 1. The number of rotatable bonds is 13. The molecule has 14 nitrogen and oxygen atoms in total. The molecule has 4 amide bonds. The lowest BCUT2D eigenvalue weighted by atomic mass is 9.77. The van der Waals surface area contributed by atoms with Crippen LogP contribution in [0.5, 0.6) is 0 Å². The largest absolute Gasteiger partial charge is 0.491 e. The number of nitrogens with zero attached hydrogens (tertiary/aromatic N) is 1. The normalized spacial score (nSPS) is 18.5. The van der Waals surface area contributed by atoms with Crippen LogP contribution in [0, 0.1) is 5.92 Å². The molecule has 3 atom stereocenters. The van der Waals surface area contributed by atoms with Gasteiger partial charge in [-0.3, -0.25) is 24.0 Å². The van der Waals surface area contributed by atoms with Gasteiger partial charge in [0, 0.05) is 43.6 Å². The molecule has 5 rings (SSSR count). The number of carboxylic acids is 1. The van der Waals surface area contributed by atoms with Crippen LogP contribution in [-0.4, -0.2) is 95.6 Å². The van der Waals surface area contributed by atoms with Crippen molar-refractivity contribution in [1.82, 2.24) is 20.9 Å². The highest BCUT2D eigenvalue weighted by Crippen LogP contribution is 2.35. The molecule has 0 aliphatic carbocycles. The number of nitrogens with one attached hydrogen (secondary N) is 3. The van der Waals surface area contributed by atoms with E-state index in [1.165, 1.54) is 4.90 Å². The van der Waals surface area contributed by atoms with Gasteiger partial charge in [-0.2, -0.15) is 26.3 Å². The number of carbonyl (C=O) groups is 5. The molecule has 1 saturated heterocycles. The van der Waals surface area contributed by atoms with Crippen molar-refractivity contribution in [3.05, 3.63) is 57.6 Å². The van der Waals surface area contributed by atoms with Gasteiger partial charge in [-0.25, -0.2) is 0 Å². The molecule has 296 valence electrons. The lowest BCUT2D eigenvalue weighted by molar-refractivity contribution is -0.141. The highest BCUT2D eigenvalue weighted by molar-refractivity contribution is 6.62. The van der Waals surface area contributed by atoms with E-state index in [1.807, 2.05) is 0 Å². The summed E-state index contributed by atoms with van der Waals surface area (Å²) >= 11 is 0. The van der Waals surface area contributed by atoms with Gasteiger partial charge in [0.2, 0.25) is 11.8 Å². The minimum absolute atomic E-state index is 0.231. The Labute approximate surface area is 310 Å². The third kappa shape index (κ3) is 9.78. The molecule has 0 radical (unpaired) electrons. The van der Waals surface area contributed by atoms with E-state index < -0.39 is 110 Å². The van der Waals surface area contributed by atoms with Crippen LogP contribution in [0.1, 0.15) is 82.0 Å². The summed E-state index contributed by atoms with van der Waals surface area (Å²) < 4.78 is 93.3. The molecule has 3 heterocycles. The van der Waals surface area contributed by atoms with E-state index in [-0.39, 0.29) is 54.5 Å². The topological polar surface area (TPSA) is 204 Å². The van der Waals surface area contributed by atoms with E-state index in [9.17, 15) is 60.4 Å². The number of hydrogen-bond donors (Lipinski definition) is 6. The molecule has 0 aromatic heterocycles. The summed E-state index contributed by atoms with van der Waals surface area (Å²) in [5.74, 6) is -4.77. The van der Waals surface area contributed by atoms with Crippen molar-refractivity contribution < 1.29 is 74.8 Å². The molecule has 2 aromatic carbocycles. The highest BCUT2D eigenvalue weighted by atomic mass is 19.4. The Morgan fingerprint density at radius 1 is 0.800 bits per heavy atom. The van der Waals surface area contributed by atoms with E-state index in [4.69, 9.17) is 14.4 Å². The van der Waals surface area contributed by atoms with Crippen LogP contribution in [0.4, 0.5) is 26.3 Å². The van der Waals surface area contributed by atoms with Gasteiger partial charge in [-0.15, -0.1) is 0 Å². The van der Waals surface area contributed by atoms with E-state index in [1.54, 1.807) is 6.92 Å². The second-order valence-electron chi connectivity index (χ2n) is 13.5. The average molecular weight is 784 g/mol. The number of fused-ring (bicyclic) bond motifs is 2. The van der Waals surface area contributed by atoms with Crippen LogP contribution >= 0.6 is 0 Å². The van der Waals surface area contributed by atoms with Crippen LogP contribution in [0.3, 0.4) is 0 Å². The maximum Gasteiger partial charge on any atom is 0.491 e. The van der Waals surface area contributed by atoms with Crippen molar-refractivity contribution in [2.75, 3.05) is 19.6 Å². The molecule has 22 heteroatoms. The summed E-state index contributed by atoms with van der Waals surface area (Å²) in [5, 5.41) is 36.7. The van der Waals surface area contributed by atoms with Crippen molar-refractivity contribution in [3.63, 3.8) is 0 Å². The van der Waals surface area contributed by atoms with Gasteiger partial charge in [0.05, 0.1) is 42.3 Å². The average Bonchev–Trinajstić information content (AvgIpc) is 3.81. The summed E-state index contributed by atoms with van der Waals surface area (Å²) in [6.45, 7) is 0.0131. The van der Waals surface area contributed by atoms with Crippen LogP contribution in [0.2, 0.25) is 0 Å². The summed E-state index contributed by atoms with van der Waals surface area (Å²) in [7, 11) is -3.49. The van der Waals surface area contributed by atoms with Crippen LogP contribution in [0.25, 0.3) is 0 Å². The number of carboxylic acid groups (broad SMARTS) is 1. The number of aliphatic carboxylic acids is 1. The quantitative estimate of drug-likeness (QED) is 0.0954. The molecule has 1 fully saturated rings. The number of amides is 4. The zero-order valence-corrected chi connectivity index (χ0v) is 29.2. The Balaban J connectivity index is 1.32. The molecule has 0 unspecified atom stereocenters. The van der Waals surface area contributed by atoms with Gasteiger partial charge in [-0.05, 0) is 59.2 Å². The molecule has 0 spiro atoms. The number of hydrogen-bond acceptors (Lipinski definition) is 9. The third-order valence-corrected chi connectivity index (χ3v) is 9.69. The zero-order chi connectivity index (χ0) is 40.4. The minimum atomic E-state index is -4.93. The maximum atomic E-state index is 13.9. The van der Waals surface area contributed by atoms with Gasteiger partial charge in [0.25, 0.3) is 11.8 Å². The molecule has 55 heavy (non-hydrogen) atoms. The van der Waals surface area contributed by atoms with E-state index in [0.717, 1.165) is 12.1 Å². The molecule has 0 bridgehead atoms. The van der Waals surface area contributed by atoms with Crippen molar-refractivity contribution in [2.45, 2.75) is 76.7 Å². The predicted molar refractivity (Wildman–Crippen MR) is 180 cm³/mol. The summed E-state index contributed by atoms with van der Waals surface area (Å²) in [4.78, 5) is 64.6. The van der Waals surface area contributed by atoms with E-state index >= 15 is 0 Å². The molecule has 0 saturated carbocycles. The number of alkyl halides is 6. The van der Waals surface area contributed by atoms with Gasteiger partial charge < -0.3 is 45.3 Å². The Bertz CT molecular complexity index is 1750. The van der Waals surface area contributed by atoms with E-state index in [0.29, 0.717) is 31.4 Å². The van der Waals surface area contributed by atoms with Crippen molar-refractivity contribution in [3.8, 4) is 0 Å². The second-order valence-corrected chi connectivity index (χ2v) is 13.5. The summed E-state index contributed by atoms with van der Waals surface area (Å²) in [6, 6.07) is 0.704. The molecular formula is C33H36B2F6N4O10. The van der Waals surface area contributed by atoms with Crippen LogP contribution < -0.4 is 26.9 Å². The van der Waals surface area contributed by atoms with Crippen molar-refractivity contribution in [2.24, 2.45) is 5.92 Å². The lowest BCUT2D eigenvalue weighted by Gasteiger charge is -2.22. The number of likely N-dealkylation sites (tertiary alicyclic amines) is 1. The maximum absolute atomic E-state index is 13.9. The van der Waals surface area contributed by atoms with Crippen molar-refractivity contribution in [1.29, 1.82) is 0 Å². The molecule has 3 aliphatic rings. The van der Waals surface area contributed by atoms with Gasteiger partial charge >= 0.3 is 32.6 Å². The molecular weight excluding hydrogens is 748 g/mol. The first-order valence-corrected chi connectivity index (χ1v) is 17.2. The fourth-order valence-corrected chi connectivity index (χ4v) is 6.62. The Kier molecular flexibility index (Phi) is 12.5. The fourth-order valence-electron chi connectivity index (χ4n) is 6.62. The standard InChI is InChI=1S/C33H36B2F6N4O10/c1-16(31(50)51)4-2-3-7-42-27(46)5-6-28(47)45-12-25(43-29(48)17-8-21(32(36,37)38)19-14-54-34(52)23(19)10-17)26(13-45)44-30(49)18-9-22(33(39,40)41)20-15-55-35(53)24(20)11-18/h8-11,16,25-26,52-53H,2-7,12-15H2,1H3,(H,42,46)(H,43,48)(H,44,49)(H,50,51)/t16-,25-,26-/m0/s1. The Morgan fingerprint density at radius 2 is 1.27 bits per heavy atom. The smallest absolute Gasteiger partial charge is 0.481 e. The van der Waals surface area contributed by atoms with Gasteiger partial charge in [-0.1, -0.05) is 13.3 Å². The van der Waals surface area contributed by atoms with E-state index in [2.05, 4.69) is 16.0 Å². The third-order valence-electron chi connectivity index (χ3n) is 9.69.